The number of nitrogens with one attached hydrogen (secondary N) is 1. The molecule has 0 saturated heterocycles. The standard InChI is InChI=1S/C18H18FNO2/c1-3-12-22-15-10-8-14(9-11-15)18(21)20-13(2)16-6-4-5-7-17(16)19/h3-11,13H,1,12H2,2H3,(H,20,21). The highest BCUT2D eigenvalue weighted by molar-refractivity contribution is 5.94. The number of halogens is 1. The summed E-state index contributed by atoms with van der Waals surface area (Å²) in [4.78, 5) is 12.2. The van der Waals surface area contributed by atoms with Gasteiger partial charge < -0.3 is 10.1 Å². The molecule has 0 aliphatic carbocycles. The molecule has 0 radical (unpaired) electrons. The summed E-state index contributed by atoms with van der Waals surface area (Å²) in [5, 5.41) is 2.78. The minimum Gasteiger partial charge on any atom is -0.490 e. The lowest BCUT2D eigenvalue weighted by molar-refractivity contribution is 0.0939. The van der Waals surface area contributed by atoms with Crippen LogP contribution in [0.1, 0.15) is 28.9 Å². The van der Waals surface area contributed by atoms with Gasteiger partial charge >= 0.3 is 0 Å². The highest BCUT2D eigenvalue weighted by Crippen LogP contribution is 2.17. The first-order chi connectivity index (χ1) is 10.6. The molecule has 2 rings (SSSR count). The van der Waals surface area contributed by atoms with Crippen molar-refractivity contribution in [3.05, 3.63) is 78.1 Å². The molecule has 1 unspecified atom stereocenters. The number of ether oxygens (including phenoxy) is 1. The second-order valence-corrected chi connectivity index (χ2v) is 4.84. The lowest BCUT2D eigenvalue weighted by Gasteiger charge is -2.15. The highest BCUT2D eigenvalue weighted by Gasteiger charge is 2.14. The Morgan fingerprint density at radius 3 is 2.59 bits per heavy atom. The molecule has 4 heteroatoms. The van der Waals surface area contributed by atoms with Gasteiger partial charge in [-0.25, -0.2) is 4.39 Å². The minimum atomic E-state index is -0.412. The molecule has 0 aliphatic rings. The molecule has 114 valence electrons. The van der Waals surface area contributed by atoms with Crippen molar-refractivity contribution in [1.82, 2.24) is 5.32 Å². The molecule has 0 aliphatic heterocycles. The maximum Gasteiger partial charge on any atom is 0.251 e. The van der Waals surface area contributed by atoms with Crippen molar-refractivity contribution >= 4 is 5.91 Å². The van der Waals surface area contributed by atoms with Gasteiger partial charge in [0.2, 0.25) is 0 Å². The van der Waals surface area contributed by atoms with Crippen LogP contribution in [0, 0.1) is 5.82 Å². The van der Waals surface area contributed by atoms with Crippen molar-refractivity contribution < 1.29 is 13.9 Å². The quantitative estimate of drug-likeness (QED) is 0.822. The van der Waals surface area contributed by atoms with Crippen molar-refractivity contribution in [3.8, 4) is 5.75 Å². The molecule has 22 heavy (non-hydrogen) atoms. The molecular weight excluding hydrogens is 281 g/mol. The number of carbonyl (C=O) groups is 1. The molecule has 0 spiro atoms. The molecule has 1 N–H and O–H groups in total. The fraction of sp³-hybridized carbons (Fsp3) is 0.167. The Labute approximate surface area is 129 Å². The van der Waals surface area contributed by atoms with Crippen LogP contribution in [-0.2, 0) is 0 Å². The van der Waals surface area contributed by atoms with Crippen LogP contribution in [0.3, 0.4) is 0 Å². The van der Waals surface area contributed by atoms with Crippen LogP contribution in [0.25, 0.3) is 0 Å². The first-order valence-corrected chi connectivity index (χ1v) is 7.01. The summed E-state index contributed by atoms with van der Waals surface area (Å²) in [5.41, 5.74) is 0.955. The van der Waals surface area contributed by atoms with E-state index in [9.17, 15) is 9.18 Å². The van der Waals surface area contributed by atoms with Crippen molar-refractivity contribution in [3.63, 3.8) is 0 Å². The maximum atomic E-state index is 13.7. The van der Waals surface area contributed by atoms with Crippen LogP contribution in [0.2, 0.25) is 0 Å². The number of amides is 1. The van der Waals surface area contributed by atoms with E-state index in [4.69, 9.17) is 4.74 Å². The van der Waals surface area contributed by atoms with E-state index in [0.29, 0.717) is 23.5 Å². The smallest absolute Gasteiger partial charge is 0.251 e. The number of rotatable bonds is 6. The average Bonchev–Trinajstić information content (AvgIpc) is 2.53. The van der Waals surface area contributed by atoms with Crippen LogP contribution >= 0.6 is 0 Å². The Kier molecular flexibility index (Phi) is 5.31. The van der Waals surface area contributed by atoms with Gasteiger partial charge in [-0.3, -0.25) is 4.79 Å². The molecule has 0 saturated carbocycles. The number of benzene rings is 2. The lowest BCUT2D eigenvalue weighted by Crippen LogP contribution is -2.27. The topological polar surface area (TPSA) is 38.3 Å². The Hall–Kier alpha value is -2.62. The van der Waals surface area contributed by atoms with Gasteiger partial charge in [-0.1, -0.05) is 30.9 Å². The van der Waals surface area contributed by atoms with E-state index >= 15 is 0 Å². The van der Waals surface area contributed by atoms with E-state index < -0.39 is 6.04 Å². The third-order valence-corrected chi connectivity index (χ3v) is 3.20. The number of carbonyl (C=O) groups excluding carboxylic acids is 1. The second-order valence-electron chi connectivity index (χ2n) is 4.84. The zero-order valence-electron chi connectivity index (χ0n) is 12.4. The van der Waals surface area contributed by atoms with Gasteiger partial charge in [0.25, 0.3) is 5.91 Å². The van der Waals surface area contributed by atoms with E-state index in [0.717, 1.165) is 0 Å². The first kappa shape index (κ1) is 15.8. The largest absolute Gasteiger partial charge is 0.490 e. The molecule has 0 bridgehead atoms. The van der Waals surface area contributed by atoms with Gasteiger partial charge in [-0.15, -0.1) is 0 Å². The van der Waals surface area contributed by atoms with Crippen LogP contribution in [0.4, 0.5) is 4.39 Å². The molecular formula is C18H18FNO2. The fourth-order valence-corrected chi connectivity index (χ4v) is 2.04. The predicted molar refractivity (Wildman–Crippen MR) is 84.4 cm³/mol. The molecule has 1 atom stereocenters. The van der Waals surface area contributed by atoms with Crippen LogP contribution in [0.15, 0.2) is 61.2 Å². The van der Waals surface area contributed by atoms with Crippen LogP contribution in [-0.4, -0.2) is 12.5 Å². The fourth-order valence-electron chi connectivity index (χ4n) is 2.04. The Morgan fingerprint density at radius 1 is 1.27 bits per heavy atom. The van der Waals surface area contributed by atoms with Gasteiger partial charge in [0, 0.05) is 11.1 Å². The molecule has 3 nitrogen and oxygen atoms in total. The number of hydrogen-bond acceptors (Lipinski definition) is 2. The molecule has 0 fully saturated rings. The Morgan fingerprint density at radius 2 is 1.95 bits per heavy atom. The zero-order valence-corrected chi connectivity index (χ0v) is 12.4. The summed E-state index contributed by atoms with van der Waals surface area (Å²) in [6.45, 7) is 5.73. The van der Waals surface area contributed by atoms with Crippen molar-refractivity contribution in [1.29, 1.82) is 0 Å². The van der Waals surface area contributed by atoms with Gasteiger partial charge in [0.15, 0.2) is 0 Å². The molecule has 2 aromatic carbocycles. The predicted octanol–water partition coefficient (Wildman–Crippen LogP) is 3.88. The van der Waals surface area contributed by atoms with Crippen molar-refractivity contribution in [2.45, 2.75) is 13.0 Å². The summed E-state index contributed by atoms with van der Waals surface area (Å²) in [7, 11) is 0. The van der Waals surface area contributed by atoms with Crippen LogP contribution in [0.5, 0.6) is 5.75 Å². The first-order valence-electron chi connectivity index (χ1n) is 7.01. The monoisotopic (exact) mass is 299 g/mol. The van der Waals surface area contributed by atoms with E-state index in [2.05, 4.69) is 11.9 Å². The van der Waals surface area contributed by atoms with Gasteiger partial charge in [0.1, 0.15) is 18.2 Å². The van der Waals surface area contributed by atoms with Gasteiger partial charge in [-0.05, 0) is 37.3 Å². The summed E-state index contributed by atoms with van der Waals surface area (Å²) in [6.07, 6.45) is 1.65. The van der Waals surface area contributed by atoms with Crippen molar-refractivity contribution in [2.24, 2.45) is 0 Å². The SMILES string of the molecule is C=CCOc1ccc(C(=O)NC(C)c2ccccc2F)cc1. The van der Waals surface area contributed by atoms with Crippen LogP contribution < -0.4 is 10.1 Å². The molecule has 0 heterocycles. The lowest BCUT2D eigenvalue weighted by atomic mass is 10.1. The molecule has 2 aromatic rings. The number of hydrogen-bond donors (Lipinski definition) is 1. The summed E-state index contributed by atoms with van der Waals surface area (Å²) in [6, 6.07) is 12.8. The van der Waals surface area contributed by atoms with Crippen molar-refractivity contribution in [2.75, 3.05) is 6.61 Å². The summed E-state index contributed by atoms with van der Waals surface area (Å²) < 4.78 is 19.0. The third kappa shape index (κ3) is 3.95. The van der Waals surface area contributed by atoms with E-state index in [1.54, 1.807) is 55.5 Å². The van der Waals surface area contributed by atoms with Gasteiger partial charge in [-0.2, -0.15) is 0 Å². The average molecular weight is 299 g/mol. The highest BCUT2D eigenvalue weighted by atomic mass is 19.1. The minimum absolute atomic E-state index is 0.258. The molecule has 0 aromatic heterocycles. The van der Waals surface area contributed by atoms with E-state index in [-0.39, 0.29) is 11.7 Å². The second kappa shape index (κ2) is 7.41. The summed E-state index contributed by atoms with van der Waals surface area (Å²) in [5.74, 6) is 0.0769. The maximum absolute atomic E-state index is 13.7. The van der Waals surface area contributed by atoms with E-state index in [1.807, 2.05) is 0 Å². The zero-order chi connectivity index (χ0) is 15.9. The third-order valence-electron chi connectivity index (χ3n) is 3.20. The Balaban J connectivity index is 2.02. The summed E-state index contributed by atoms with van der Waals surface area (Å²) >= 11 is 0. The molecule has 1 amide bonds. The normalized spacial score (nSPS) is 11.5. The van der Waals surface area contributed by atoms with Gasteiger partial charge in [0.05, 0.1) is 6.04 Å². The Bertz CT molecular complexity index is 652. The van der Waals surface area contributed by atoms with E-state index in [1.165, 1.54) is 6.07 Å².